The van der Waals surface area contributed by atoms with Gasteiger partial charge in [0.05, 0.1) is 13.7 Å². The van der Waals surface area contributed by atoms with Gasteiger partial charge in [-0.1, -0.05) is 13.8 Å². The number of amidine groups is 1. The molecule has 0 fully saturated rings. The Bertz CT molecular complexity index is 498. The van der Waals surface area contributed by atoms with Crippen molar-refractivity contribution >= 4 is 11.9 Å². The largest absolute Gasteiger partial charge is 0.497 e. The van der Waals surface area contributed by atoms with E-state index in [9.17, 15) is 4.79 Å². The molecular weight excluding hydrogens is 296 g/mol. The number of nitrogens with zero attached hydrogens (tertiary/aromatic N) is 1. The Morgan fingerprint density at radius 2 is 1.91 bits per heavy atom. The normalized spacial score (nSPS) is 11.4. The molecule has 0 saturated heterocycles. The van der Waals surface area contributed by atoms with Crippen LogP contribution in [0.15, 0.2) is 29.3 Å². The molecule has 23 heavy (non-hydrogen) atoms. The van der Waals surface area contributed by atoms with Gasteiger partial charge in [-0.25, -0.2) is 4.99 Å². The predicted octanol–water partition coefficient (Wildman–Crippen LogP) is 2.49. The fraction of sp³-hybridized carbons (Fsp3) is 0.529. The molecule has 1 N–H and O–H groups in total. The smallest absolute Gasteiger partial charge is 0.291 e. The van der Waals surface area contributed by atoms with Crippen molar-refractivity contribution in [3.8, 4) is 5.75 Å². The average Bonchev–Trinajstić information content (AvgIpc) is 2.56. The maximum absolute atomic E-state index is 12.3. The average molecular weight is 322 g/mol. The van der Waals surface area contributed by atoms with Crippen LogP contribution in [-0.2, 0) is 9.47 Å². The fourth-order valence-corrected chi connectivity index (χ4v) is 1.67. The van der Waals surface area contributed by atoms with Gasteiger partial charge in [0.25, 0.3) is 11.9 Å². The second-order valence-electron chi connectivity index (χ2n) is 5.42. The van der Waals surface area contributed by atoms with Crippen LogP contribution in [0, 0.1) is 5.92 Å². The van der Waals surface area contributed by atoms with E-state index in [1.54, 1.807) is 38.5 Å². The number of hydrogen-bond donors (Lipinski definition) is 1. The van der Waals surface area contributed by atoms with Gasteiger partial charge < -0.3 is 14.2 Å². The van der Waals surface area contributed by atoms with E-state index in [0.29, 0.717) is 37.0 Å². The third kappa shape index (κ3) is 7.65. The van der Waals surface area contributed by atoms with E-state index >= 15 is 0 Å². The van der Waals surface area contributed by atoms with Gasteiger partial charge in [-0.15, -0.1) is 0 Å². The molecule has 128 valence electrons. The number of amides is 1. The fourth-order valence-electron chi connectivity index (χ4n) is 1.67. The van der Waals surface area contributed by atoms with Crippen molar-refractivity contribution in [3.63, 3.8) is 0 Å². The summed E-state index contributed by atoms with van der Waals surface area (Å²) >= 11 is 0. The first-order valence-electron chi connectivity index (χ1n) is 7.68. The van der Waals surface area contributed by atoms with E-state index in [-0.39, 0.29) is 11.9 Å². The molecule has 0 radical (unpaired) electrons. The molecule has 6 heteroatoms. The summed E-state index contributed by atoms with van der Waals surface area (Å²) < 4.78 is 15.6. The van der Waals surface area contributed by atoms with Crippen molar-refractivity contribution in [1.82, 2.24) is 5.32 Å². The standard InChI is InChI=1S/C17H26N2O4/c1-13(2)12-23-17(18-10-5-11-21-3)19-16(20)14-6-8-15(22-4)9-7-14/h6-9,13H,5,10-12H2,1-4H3,(H,18,19,20). The zero-order valence-electron chi connectivity index (χ0n) is 14.3. The maximum Gasteiger partial charge on any atom is 0.291 e. The van der Waals surface area contributed by atoms with Crippen LogP contribution in [0.3, 0.4) is 0 Å². The lowest BCUT2D eigenvalue weighted by molar-refractivity contribution is 0.0963. The Labute approximate surface area is 137 Å². The molecule has 1 aromatic carbocycles. The van der Waals surface area contributed by atoms with Crippen LogP contribution >= 0.6 is 0 Å². The molecule has 0 saturated carbocycles. The van der Waals surface area contributed by atoms with Gasteiger partial charge in [-0.05, 0) is 36.6 Å². The van der Waals surface area contributed by atoms with Crippen LogP contribution in [0.5, 0.6) is 5.75 Å². The SMILES string of the molecule is COCCCN=C(NC(=O)c1ccc(OC)cc1)OCC(C)C. The molecule has 0 atom stereocenters. The summed E-state index contributed by atoms with van der Waals surface area (Å²) in [4.78, 5) is 16.5. The van der Waals surface area contributed by atoms with E-state index in [2.05, 4.69) is 10.3 Å². The van der Waals surface area contributed by atoms with Crippen LogP contribution in [-0.4, -0.2) is 45.9 Å². The quantitative estimate of drug-likeness (QED) is 0.453. The third-order valence-electron chi connectivity index (χ3n) is 2.89. The minimum absolute atomic E-state index is 0.246. The monoisotopic (exact) mass is 322 g/mol. The molecule has 0 aliphatic heterocycles. The highest BCUT2D eigenvalue weighted by Gasteiger charge is 2.10. The molecule has 0 unspecified atom stereocenters. The number of carbonyl (C=O) groups is 1. The van der Waals surface area contributed by atoms with Crippen molar-refractivity contribution in [2.75, 3.05) is 34.0 Å². The molecule has 1 rings (SSSR count). The molecule has 0 heterocycles. The summed E-state index contributed by atoms with van der Waals surface area (Å²) in [5.74, 6) is 0.782. The molecule has 1 amide bonds. The molecule has 0 bridgehead atoms. The van der Waals surface area contributed by atoms with E-state index in [0.717, 1.165) is 6.42 Å². The zero-order valence-corrected chi connectivity index (χ0v) is 14.3. The van der Waals surface area contributed by atoms with Crippen molar-refractivity contribution in [2.24, 2.45) is 10.9 Å². The van der Waals surface area contributed by atoms with Gasteiger partial charge in [-0.2, -0.15) is 0 Å². The number of ether oxygens (including phenoxy) is 3. The van der Waals surface area contributed by atoms with Gasteiger partial charge in [0.1, 0.15) is 5.75 Å². The van der Waals surface area contributed by atoms with Gasteiger partial charge in [-0.3, -0.25) is 10.1 Å². The number of rotatable bonds is 8. The van der Waals surface area contributed by atoms with Gasteiger partial charge >= 0.3 is 0 Å². The summed E-state index contributed by atoms with van der Waals surface area (Å²) in [5, 5.41) is 2.71. The molecule has 0 aliphatic rings. The van der Waals surface area contributed by atoms with Gasteiger partial charge in [0.15, 0.2) is 0 Å². The Morgan fingerprint density at radius 3 is 2.48 bits per heavy atom. The number of methoxy groups -OCH3 is 2. The molecule has 0 aromatic heterocycles. The van der Waals surface area contributed by atoms with Crippen molar-refractivity contribution in [3.05, 3.63) is 29.8 Å². The molecular formula is C17H26N2O4. The van der Waals surface area contributed by atoms with E-state index < -0.39 is 0 Å². The van der Waals surface area contributed by atoms with Gasteiger partial charge in [0, 0.05) is 25.8 Å². The lowest BCUT2D eigenvalue weighted by Gasteiger charge is -2.12. The zero-order chi connectivity index (χ0) is 17.1. The highest BCUT2D eigenvalue weighted by atomic mass is 16.5. The third-order valence-corrected chi connectivity index (χ3v) is 2.89. The van der Waals surface area contributed by atoms with Gasteiger partial charge in [0.2, 0.25) is 0 Å². The Hall–Kier alpha value is -2.08. The minimum Gasteiger partial charge on any atom is -0.497 e. The van der Waals surface area contributed by atoms with Crippen LogP contribution in [0.4, 0.5) is 0 Å². The first-order valence-corrected chi connectivity index (χ1v) is 7.68. The number of carbonyl (C=O) groups excluding carboxylic acids is 1. The summed E-state index contributed by atoms with van der Waals surface area (Å²) in [6, 6.07) is 7.10. The molecule has 0 spiro atoms. The predicted molar refractivity (Wildman–Crippen MR) is 90.0 cm³/mol. The van der Waals surface area contributed by atoms with E-state index in [1.807, 2.05) is 13.8 Å². The van der Waals surface area contributed by atoms with Crippen LogP contribution in [0.2, 0.25) is 0 Å². The number of nitrogens with one attached hydrogen (secondary N) is 1. The Kier molecular flexibility index (Phi) is 8.75. The van der Waals surface area contributed by atoms with Crippen LogP contribution < -0.4 is 10.1 Å². The number of benzene rings is 1. The maximum atomic E-state index is 12.3. The van der Waals surface area contributed by atoms with Crippen molar-refractivity contribution in [2.45, 2.75) is 20.3 Å². The molecule has 0 aliphatic carbocycles. The van der Waals surface area contributed by atoms with Crippen LogP contribution in [0.25, 0.3) is 0 Å². The highest BCUT2D eigenvalue weighted by Crippen LogP contribution is 2.11. The summed E-state index contributed by atoms with van der Waals surface area (Å²) in [6.07, 6.45) is 0.767. The first-order chi connectivity index (χ1) is 11.1. The molecule has 6 nitrogen and oxygen atoms in total. The van der Waals surface area contributed by atoms with E-state index in [4.69, 9.17) is 14.2 Å². The topological polar surface area (TPSA) is 69.2 Å². The Morgan fingerprint density at radius 1 is 1.22 bits per heavy atom. The highest BCUT2D eigenvalue weighted by molar-refractivity contribution is 6.04. The summed E-state index contributed by atoms with van der Waals surface area (Å²) in [7, 11) is 3.23. The first kappa shape index (κ1) is 19.0. The number of hydrogen-bond acceptors (Lipinski definition) is 5. The van der Waals surface area contributed by atoms with Crippen molar-refractivity contribution < 1.29 is 19.0 Å². The second kappa shape index (κ2) is 10.6. The summed E-state index contributed by atoms with van der Waals surface area (Å²) in [5.41, 5.74) is 0.517. The molecule has 1 aromatic rings. The van der Waals surface area contributed by atoms with Crippen LogP contribution in [0.1, 0.15) is 30.6 Å². The second-order valence-corrected chi connectivity index (χ2v) is 5.42. The lowest BCUT2D eigenvalue weighted by atomic mass is 10.2. The van der Waals surface area contributed by atoms with E-state index in [1.165, 1.54) is 0 Å². The van der Waals surface area contributed by atoms with Crippen molar-refractivity contribution in [1.29, 1.82) is 0 Å². The minimum atomic E-state index is -0.262. The lowest BCUT2D eigenvalue weighted by Crippen LogP contribution is -2.33. The summed E-state index contributed by atoms with van der Waals surface area (Å²) in [6.45, 7) is 5.71. The number of aliphatic imine (C=N–C) groups is 1. The Balaban J connectivity index is 2.66.